The fraction of sp³-hybridized carbons (Fsp3) is 0.276. The topological polar surface area (TPSA) is 88.6 Å². The predicted molar refractivity (Wildman–Crippen MR) is 138 cm³/mol. The first kappa shape index (κ1) is 24.0. The van der Waals surface area contributed by atoms with Gasteiger partial charge in [-0.25, -0.2) is 4.90 Å². The summed E-state index contributed by atoms with van der Waals surface area (Å²) in [7, 11) is 0. The van der Waals surface area contributed by atoms with Gasteiger partial charge in [0.05, 0.1) is 18.2 Å². The minimum atomic E-state index is -0.699. The molecule has 0 aliphatic carbocycles. The molecular weight excluding hydrogens is 486 g/mol. The van der Waals surface area contributed by atoms with Gasteiger partial charge in [-0.1, -0.05) is 30.3 Å². The Kier molecular flexibility index (Phi) is 6.43. The number of benzene rings is 3. The number of hydrogen-bond acceptors (Lipinski definition) is 7. The van der Waals surface area contributed by atoms with Gasteiger partial charge in [0.25, 0.3) is 11.8 Å². The summed E-state index contributed by atoms with van der Waals surface area (Å²) in [6.07, 6.45) is -0.582. The molecular formula is C29H27N3O6. The number of para-hydroxylation sites is 3. The van der Waals surface area contributed by atoms with E-state index in [0.29, 0.717) is 54.9 Å². The van der Waals surface area contributed by atoms with Gasteiger partial charge in [0.2, 0.25) is 12.0 Å². The molecule has 3 aromatic rings. The van der Waals surface area contributed by atoms with Crippen molar-refractivity contribution < 1.29 is 28.6 Å². The fourth-order valence-electron chi connectivity index (χ4n) is 5.06. The number of amides is 3. The highest BCUT2D eigenvalue weighted by molar-refractivity contribution is 6.22. The van der Waals surface area contributed by atoms with Crippen molar-refractivity contribution in [1.29, 1.82) is 0 Å². The number of rotatable bonds is 5. The van der Waals surface area contributed by atoms with Crippen LogP contribution in [0.15, 0.2) is 78.9 Å². The molecule has 0 bridgehead atoms. The minimum absolute atomic E-state index is 0.116. The number of anilines is 1. The second-order valence-corrected chi connectivity index (χ2v) is 9.42. The van der Waals surface area contributed by atoms with Crippen LogP contribution >= 0.6 is 0 Å². The third-order valence-corrected chi connectivity index (χ3v) is 7.05. The highest BCUT2D eigenvalue weighted by Gasteiger charge is 2.44. The number of ether oxygens (including phenoxy) is 3. The second-order valence-electron chi connectivity index (χ2n) is 9.42. The van der Waals surface area contributed by atoms with Crippen LogP contribution < -0.4 is 19.1 Å². The molecule has 0 aromatic heterocycles. The summed E-state index contributed by atoms with van der Waals surface area (Å²) in [5.41, 5.74) is 0.520. The number of carbonyl (C=O) groups excluding carboxylic acids is 3. The zero-order valence-corrected chi connectivity index (χ0v) is 20.7. The lowest BCUT2D eigenvalue weighted by molar-refractivity contribution is -0.143. The lowest BCUT2D eigenvalue weighted by Gasteiger charge is -2.38. The maximum Gasteiger partial charge on any atom is 0.267 e. The molecule has 3 aliphatic heterocycles. The largest absolute Gasteiger partial charge is 0.485 e. The Balaban J connectivity index is 1.05. The second kappa shape index (κ2) is 10.2. The van der Waals surface area contributed by atoms with Crippen molar-refractivity contribution in [2.24, 2.45) is 0 Å². The molecule has 2 fully saturated rings. The van der Waals surface area contributed by atoms with Crippen molar-refractivity contribution in [2.45, 2.75) is 18.6 Å². The molecule has 3 aromatic carbocycles. The molecule has 194 valence electrons. The number of nitrogens with zero attached hydrogens (tertiary/aromatic N) is 3. The van der Waals surface area contributed by atoms with Crippen molar-refractivity contribution in [2.75, 3.05) is 37.7 Å². The Bertz CT molecular complexity index is 1340. The van der Waals surface area contributed by atoms with E-state index in [0.717, 1.165) is 0 Å². The average Bonchev–Trinajstić information content (AvgIpc) is 3.27. The predicted octanol–water partition coefficient (Wildman–Crippen LogP) is 3.10. The third-order valence-electron chi connectivity index (χ3n) is 7.05. The van der Waals surface area contributed by atoms with Crippen LogP contribution in [0.1, 0.15) is 6.42 Å². The molecule has 3 heterocycles. The van der Waals surface area contributed by atoms with Crippen molar-refractivity contribution >= 4 is 23.4 Å². The number of hydrogen-bond donors (Lipinski definition) is 0. The lowest BCUT2D eigenvalue weighted by atomic mass is 10.1. The summed E-state index contributed by atoms with van der Waals surface area (Å²) in [6, 6.07) is 23.1. The zero-order valence-electron chi connectivity index (χ0n) is 20.7. The van der Waals surface area contributed by atoms with E-state index in [9.17, 15) is 14.4 Å². The van der Waals surface area contributed by atoms with Crippen molar-refractivity contribution in [1.82, 2.24) is 9.80 Å². The van der Waals surface area contributed by atoms with Gasteiger partial charge in [-0.2, -0.15) is 0 Å². The van der Waals surface area contributed by atoms with E-state index in [4.69, 9.17) is 14.2 Å². The maximum atomic E-state index is 13.3. The summed E-state index contributed by atoms with van der Waals surface area (Å²) in [6.45, 7) is 2.05. The standard InChI is InChI=1S/C29H27N3O6/c33-27-18-23(28(34)32(27)20-10-12-22(13-11-20)37-21-6-2-1-3-7-21)30-14-16-31(17-15-30)29(35)26-19-36-24-8-4-5-9-25(24)38-26/h1-13,23,26H,14-19H2. The van der Waals surface area contributed by atoms with E-state index in [1.165, 1.54) is 4.90 Å². The smallest absolute Gasteiger partial charge is 0.267 e. The maximum absolute atomic E-state index is 13.3. The van der Waals surface area contributed by atoms with Crippen LogP contribution in [0.25, 0.3) is 0 Å². The molecule has 0 N–H and O–H groups in total. The first-order valence-corrected chi connectivity index (χ1v) is 12.7. The Morgan fingerprint density at radius 2 is 1.45 bits per heavy atom. The zero-order chi connectivity index (χ0) is 26.1. The molecule has 38 heavy (non-hydrogen) atoms. The minimum Gasteiger partial charge on any atom is -0.485 e. The van der Waals surface area contributed by atoms with Crippen LogP contribution in [-0.2, 0) is 14.4 Å². The van der Waals surface area contributed by atoms with Gasteiger partial charge in [0.15, 0.2) is 11.5 Å². The SMILES string of the molecule is O=C(C1COc2ccccc2O1)N1CCN(C2CC(=O)N(c3ccc(Oc4ccccc4)cc3)C2=O)CC1. The molecule has 9 heteroatoms. The van der Waals surface area contributed by atoms with Crippen LogP contribution in [0.4, 0.5) is 5.69 Å². The average molecular weight is 514 g/mol. The van der Waals surface area contributed by atoms with Crippen LogP contribution in [-0.4, -0.2) is 72.5 Å². The molecule has 0 radical (unpaired) electrons. The Hall–Kier alpha value is -4.37. The normalized spacial score (nSPS) is 21.5. The molecule has 0 spiro atoms. The Morgan fingerprint density at radius 3 is 2.18 bits per heavy atom. The van der Waals surface area contributed by atoms with Gasteiger partial charge < -0.3 is 19.1 Å². The van der Waals surface area contributed by atoms with Crippen molar-refractivity contribution in [3.05, 3.63) is 78.9 Å². The highest BCUT2D eigenvalue weighted by Crippen LogP contribution is 2.32. The van der Waals surface area contributed by atoms with E-state index in [1.807, 2.05) is 53.4 Å². The van der Waals surface area contributed by atoms with Crippen molar-refractivity contribution in [3.63, 3.8) is 0 Å². The molecule has 6 rings (SSSR count). The number of fused-ring (bicyclic) bond motifs is 1. The van der Waals surface area contributed by atoms with Gasteiger partial charge >= 0.3 is 0 Å². The summed E-state index contributed by atoms with van der Waals surface area (Å²) in [5.74, 6) is 1.91. The molecule has 0 saturated carbocycles. The van der Waals surface area contributed by atoms with E-state index in [-0.39, 0.29) is 30.7 Å². The summed E-state index contributed by atoms with van der Waals surface area (Å²) >= 11 is 0. The molecule has 3 amide bonds. The van der Waals surface area contributed by atoms with Crippen LogP contribution in [0, 0.1) is 0 Å². The van der Waals surface area contributed by atoms with Gasteiger partial charge in [0, 0.05) is 26.2 Å². The van der Waals surface area contributed by atoms with E-state index < -0.39 is 12.1 Å². The Morgan fingerprint density at radius 1 is 0.789 bits per heavy atom. The first-order valence-electron chi connectivity index (χ1n) is 12.7. The van der Waals surface area contributed by atoms with E-state index in [1.54, 1.807) is 35.2 Å². The van der Waals surface area contributed by atoms with E-state index >= 15 is 0 Å². The Labute approximate surface area is 220 Å². The molecule has 3 aliphatic rings. The summed E-state index contributed by atoms with van der Waals surface area (Å²) in [4.78, 5) is 44.2. The summed E-state index contributed by atoms with van der Waals surface area (Å²) < 4.78 is 17.4. The fourth-order valence-corrected chi connectivity index (χ4v) is 5.06. The number of piperazine rings is 1. The number of imide groups is 1. The quantitative estimate of drug-likeness (QED) is 0.485. The number of carbonyl (C=O) groups is 3. The highest BCUT2D eigenvalue weighted by atomic mass is 16.6. The third kappa shape index (κ3) is 4.68. The monoisotopic (exact) mass is 513 g/mol. The van der Waals surface area contributed by atoms with Crippen LogP contribution in [0.3, 0.4) is 0 Å². The lowest BCUT2D eigenvalue weighted by Crippen LogP contribution is -2.57. The van der Waals surface area contributed by atoms with E-state index in [2.05, 4.69) is 0 Å². The molecule has 2 saturated heterocycles. The van der Waals surface area contributed by atoms with Gasteiger partial charge in [0.1, 0.15) is 18.1 Å². The van der Waals surface area contributed by atoms with Crippen LogP contribution in [0.5, 0.6) is 23.0 Å². The van der Waals surface area contributed by atoms with Gasteiger partial charge in [-0.3, -0.25) is 19.3 Å². The van der Waals surface area contributed by atoms with Gasteiger partial charge in [-0.15, -0.1) is 0 Å². The summed E-state index contributed by atoms with van der Waals surface area (Å²) in [5, 5.41) is 0. The first-order chi connectivity index (χ1) is 18.6. The van der Waals surface area contributed by atoms with Crippen LogP contribution in [0.2, 0.25) is 0 Å². The molecule has 9 nitrogen and oxygen atoms in total. The molecule has 2 unspecified atom stereocenters. The van der Waals surface area contributed by atoms with Gasteiger partial charge in [-0.05, 0) is 48.5 Å². The van der Waals surface area contributed by atoms with Crippen molar-refractivity contribution in [3.8, 4) is 23.0 Å². The molecule has 2 atom stereocenters.